The van der Waals surface area contributed by atoms with Crippen LogP contribution in [0, 0.1) is 0 Å². The molecule has 0 rings (SSSR count). The van der Waals surface area contributed by atoms with Gasteiger partial charge in [-0.15, -0.1) is 0 Å². The van der Waals surface area contributed by atoms with E-state index >= 15 is 0 Å². The quantitative estimate of drug-likeness (QED) is 0.0219. The third kappa shape index (κ3) is 36.4. The van der Waals surface area contributed by atoms with Crippen LogP contribution in [0.3, 0.4) is 0 Å². The predicted molar refractivity (Wildman–Crippen MR) is 229 cm³/mol. The number of ether oxygens (including phenoxy) is 3. The Morgan fingerprint density at radius 3 is 1.62 bits per heavy atom. The van der Waals surface area contributed by atoms with Gasteiger partial charge in [0.25, 0.3) is 0 Å². The van der Waals surface area contributed by atoms with Gasteiger partial charge in [-0.25, -0.2) is 4.79 Å². The summed E-state index contributed by atoms with van der Waals surface area (Å²) in [5, 5.41) is 9.61. The Hall–Kier alpha value is -2.97. The first-order valence-electron chi connectivity index (χ1n) is 21.8. The van der Waals surface area contributed by atoms with E-state index in [-0.39, 0.29) is 36.2 Å². The fourth-order valence-corrected chi connectivity index (χ4v) is 6.04. The zero-order valence-electron chi connectivity index (χ0n) is 35.9. The van der Waals surface area contributed by atoms with Gasteiger partial charge >= 0.3 is 17.9 Å². The van der Waals surface area contributed by atoms with E-state index in [4.69, 9.17) is 14.2 Å². The molecule has 2 atom stereocenters. The molecule has 0 bridgehead atoms. The summed E-state index contributed by atoms with van der Waals surface area (Å²) in [5.74, 6) is -1.50. The molecule has 0 aromatic heterocycles. The summed E-state index contributed by atoms with van der Waals surface area (Å²) in [5.41, 5.74) is 0. The van der Waals surface area contributed by atoms with Gasteiger partial charge in [-0.2, -0.15) is 0 Å². The maximum absolute atomic E-state index is 12.7. The van der Waals surface area contributed by atoms with E-state index in [1.807, 2.05) is 21.1 Å². The van der Waals surface area contributed by atoms with Crippen molar-refractivity contribution in [1.82, 2.24) is 0 Å². The molecule has 0 amide bonds. The predicted octanol–water partition coefficient (Wildman–Crippen LogP) is 11.8. The number of hydrogen-bond donors (Lipinski definition) is 1. The van der Waals surface area contributed by atoms with E-state index in [0.717, 1.165) is 89.9 Å². The van der Waals surface area contributed by atoms with Crippen LogP contribution in [0.2, 0.25) is 0 Å². The summed E-state index contributed by atoms with van der Waals surface area (Å²) in [6, 6.07) is -0.620. The van der Waals surface area contributed by atoms with E-state index in [9.17, 15) is 19.5 Å². The summed E-state index contributed by atoms with van der Waals surface area (Å²) in [6.45, 7) is 4.56. The van der Waals surface area contributed by atoms with Gasteiger partial charge in [-0.05, 0) is 70.6 Å². The number of unbranched alkanes of at least 4 members (excludes halogenated alkanes) is 15. The van der Waals surface area contributed by atoms with Gasteiger partial charge in [-0.1, -0.05) is 139 Å². The first kappa shape index (κ1) is 52.0. The van der Waals surface area contributed by atoms with Crippen molar-refractivity contribution < 1.29 is 38.2 Å². The molecule has 0 saturated heterocycles. The number of allylic oxidation sites excluding steroid dienone is 10. The zero-order valence-corrected chi connectivity index (χ0v) is 35.9. The van der Waals surface area contributed by atoms with Crippen LogP contribution in [0.5, 0.6) is 0 Å². The minimum Gasteiger partial charge on any atom is -0.477 e. The number of likely N-dealkylation sites (N-methyl/N-ethyl adjacent to an activating group) is 1. The molecule has 0 spiro atoms. The van der Waals surface area contributed by atoms with Gasteiger partial charge in [0, 0.05) is 19.3 Å². The average molecular weight is 773 g/mol. The van der Waals surface area contributed by atoms with E-state index in [2.05, 4.69) is 74.6 Å². The maximum atomic E-state index is 12.7. The molecule has 0 aliphatic carbocycles. The van der Waals surface area contributed by atoms with Crippen LogP contribution >= 0.6 is 0 Å². The molecule has 8 nitrogen and oxygen atoms in total. The fourth-order valence-electron chi connectivity index (χ4n) is 6.04. The van der Waals surface area contributed by atoms with Crippen LogP contribution in [-0.2, 0) is 28.6 Å². The van der Waals surface area contributed by atoms with Crippen molar-refractivity contribution >= 4 is 17.9 Å². The summed E-state index contributed by atoms with van der Waals surface area (Å²) in [4.78, 5) is 37.0. The number of aliphatic carboxylic acids is 1. The minimum atomic E-state index is -0.881. The minimum absolute atomic E-state index is 0.0497. The number of hydrogen-bond acceptors (Lipinski definition) is 6. The van der Waals surface area contributed by atoms with E-state index in [1.54, 1.807) is 0 Å². The van der Waals surface area contributed by atoms with Crippen molar-refractivity contribution in [2.45, 2.75) is 180 Å². The number of quaternary nitrogens is 1. The molecule has 316 valence electrons. The normalized spacial score (nSPS) is 13.5. The molecule has 0 aliphatic rings. The van der Waals surface area contributed by atoms with Crippen LogP contribution in [0.1, 0.15) is 168 Å². The Balaban J connectivity index is 4.40. The largest absolute Gasteiger partial charge is 0.477 e. The second-order valence-corrected chi connectivity index (χ2v) is 15.6. The molecular formula is C47H82NO7+. The van der Waals surface area contributed by atoms with Crippen LogP contribution in [0.15, 0.2) is 60.8 Å². The smallest absolute Gasteiger partial charge is 0.362 e. The maximum Gasteiger partial charge on any atom is 0.362 e. The van der Waals surface area contributed by atoms with Gasteiger partial charge in [0.2, 0.25) is 0 Å². The van der Waals surface area contributed by atoms with Gasteiger partial charge in [-0.3, -0.25) is 9.59 Å². The van der Waals surface area contributed by atoms with E-state index < -0.39 is 18.1 Å². The van der Waals surface area contributed by atoms with Gasteiger partial charge in [0.1, 0.15) is 6.61 Å². The first-order chi connectivity index (χ1) is 26.6. The fraction of sp³-hybridized carbons (Fsp3) is 0.723. The second kappa shape index (κ2) is 37.9. The van der Waals surface area contributed by atoms with Crippen LogP contribution in [0.25, 0.3) is 0 Å². The van der Waals surface area contributed by atoms with Crippen molar-refractivity contribution in [2.75, 3.05) is 41.0 Å². The van der Waals surface area contributed by atoms with Crippen LogP contribution in [0.4, 0.5) is 0 Å². The molecule has 8 heteroatoms. The average Bonchev–Trinajstić information content (AvgIpc) is 3.14. The SMILES string of the molecule is CC/C=C/C/C=C/C/C=C/CCCCCCCCC(=O)OCC(COCCC(C(=O)O)[N+](C)(C)C)OC(=O)CCCCCCCC/C=C/C=C/CCCCC. The highest BCUT2D eigenvalue weighted by molar-refractivity contribution is 5.72. The third-order valence-electron chi connectivity index (χ3n) is 9.43. The molecule has 1 N–H and O–H groups in total. The number of nitrogens with zero attached hydrogens (tertiary/aromatic N) is 1. The molecule has 55 heavy (non-hydrogen) atoms. The lowest BCUT2D eigenvalue weighted by molar-refractivity contribution is -0.887. The molecular weight excluding hydrogens is 691 g/mol. The molecule has 0 aromatic carbocycles. The molecule has 0 saturated carbocycles. The lowest BCUT2D eigenvalue weighted by Gasteiger charge is -2.31. The van der Waals surface area contributed by atoms with Crippen molar-refractivity contribution in [3.05, 3.63) is 60.8 Å². The number of carbonyl (C=O) groups is 3. The van der Waals surface area contributed by atoms with Crippen molar-refractivity contribution in [1.29, 1.82) is 0 Å². The molecule has 0 radical (unpaired) electrons. The molecule has 0 aliphatic heterocycles. The molecule has 0 aromatic rings. The zero-order chi connectivity index (χ0) is 40.7. The Labute approximate surface area is 337 Å². The highest BCUT2D eigenvalue weighted by Gasteiger charge is 2.31. The summed E-state index contributed by atoms with van der Waals surface area (Å²) in [6.07, 6.45) is 45.4. The Morgan fingerprint density at radius 2 is 1.07 bits per heavy atom. The number of esters is 2. The van der Waals surface area contributed by atoms with Gasteiger partial charge < -0.3 is 23.8 Å². The number of carboxylic acid groups (broad SMARTS) is 1. The third-order valence-corrected chi connectivity index (χ3v) is 9.43. The number of carboxylic acids is 1. The molecule has 2 unspecified atom stereocenters. The highest BCUT2D eigenvalue weighted by atomic mass is 16.6. The van der Waals surface area contributed by atoms with Crippen molar-refractivity contribution in [3.8, 4) is 0 Å². The summed E-state index contributed by atoms with van der Waals surface area (Å²) >= 11 is 0. The number of carbonyl (C=O) groups excluding carboxylic acids is 2. The lowest BCUT2D eigenvalue weighted by Crippen LogP contribution is -2.50. The Morgan fingerprint density at radius 1 is 0.582 bits per heavy atom. The summed E-state index contributed by atoms with van der Waals surface area (Å²) < 4.78 is 17.2. The van der Waals surface area contributed by atoms with Crippen LogP contribution < -0.4 is 0 Å². The monoisotopic (exact) mass is 773 g/mol. The van der Waals surface area contributed by atoms with Crippen molar-refractivity contribution in [2.24, 2.45) is 0 Å². The Bertz CT molecular complexity index is 1090. The lowest BCUT2D eigenvalue weighted by atomic mass is 10.1. The van der Waals surface area contributed by atoms with Gasteiger partial charge in [0.05, 0.1) is 34.4 Å². The number of rotatable bonds is 38. The van der Waals surface area contributed by atoms with Crippen LogP contribution in [-0.4, -0.2) is 80.6 Å². The summed E-state index contributed by atoms with van der Waals surface area (Å²) in [7, 11) is 5.51. The highest BCUT2D eigenvalue weighted by Crippen LogP contribution is 2.13. The van der Waals surface area contributed by atoms with E-state index in [0.29, 0.717) is 19.3 Å². The second-order valence-electron chi connectivity index (χ2n) is 15.6. The molecule has 0 heterocycles. The topological polar surface area (TPSA) is 99.1 Å². The van der Waals surface area contributed by atoms with E-state index in [1.165, 1.54) is 44.9 Å². The standard InChI is InChI=1S/C47H81NO7/c1-6-8-10-12-14-16-18-20-22-24-25-27-29-31-33-35-37-45(49)54-42-43(41-53-40-39-44(47(51)52)48(3,4)5)55-46(50)38-36-34-32-30-28-26-23-21-19-17-15-13-11-9-7-2/h8,10,14-17,19-22,43-44H,6-7,9,11-13,18,23-42H2,1-5H3/p+1/b10-8+,16-14+,17-15+,21-19+,22-20+. The Kier molecular flexibility index (Phi) is 35.9. The first-order valence-corrected chi connectivity index (χ1v) is 21.8. The van der Waals surface area contributed by atoms with Crippen molar-refractivity contribution in [3.63, 3.8) is 0 Å². The molecule has 0 fully saturated rings. The van der Waals surface area contributed by atoms with Gasteiger partial charge in [0.15, 0.2) is 12.1 Å².